The first-order valence-corrected chi connectivity index (χ1v) is 13.7. The second-order valence-corrected chi connectivity index (χ2v) is 10.8. The number of likely N-dealkylation sites (tertiary alicyclic amines) is 1. The molecule has 1 aliphatic heterocycles. The highest BCUT2D eigenvalue weighted by molar-refractivity contribution is 7.89. The molecule has 1 aliphatic carbocycles. The molecule has 0 radical (unpaired) electrons. The van der Waals surface area contributed by atoms with Gasteiger partial charge >= 0.3 is 6.09 Å². The molecule has 2 aromatic carbocycles. The van der Waals surface area contributed by atoms with Crippen molar-refractivity contribution in [3.05, 3.63) is 58.7 Å². The van der Waals surface area contributed by atoms with Crippen molar-refractivity contribution in [3.8, 4) is 0 Å². The number of sulfonamides is 1. The lowest BCUT2D eigenvalue weighted by Gasteiger charge is -2.32. The summed E-state index contributed by atoms with van der Waals surface area (Å²) >= 11 is 0. The van der Waals surface area contributed by atoms with E-state index in [0.717, 1.165) is 36.0 Å². The summed E-state index contributed by atoms with van der Waals surface area (Å²) in [6.07, 6.45) is 3.94. The van der Waals surface area contributed by atoms with Gasteiger partial charge in [-0.2, -0.15) is 0 Å². The molecule has 9 heteroatoms. The van der Waals surface area contributed by atoms with Crippen LogP contribution in [0.25, 0.3) is 0 Å². The minimum absolute atomic E-state index is 0.196. The predicted molar refractivity (Wildman–Crippen MR) is 134 cm³/mol. The Morgan fingerprint density at radius 1 is 1.03 bits per heavy atom. The van der Waals surface area contributed by atoms with E-state index in [1.807, 2.05) is 25.1 Å². The van der Waals surface area contributed by atoms with Crippen LogP contribution >= 0.6 is 0 Å². The van der Waals surface area contributed by atoms with E-state index in [4.69, 9.17) is 4.74 Å². The van der Waals surface area contributed by atoms with Gasteiger partial charge in [0.25, 0.3) is 5.91 Å². The van der Waals surface area contributed by atoms with Crippen molar-refractivity contribution in [2.24, 2.45) is 0 Å². The van der Waals surface area contributed by atoms with Gasteiger partial charge in [0.05, 0.1) is 11.5 Å². The fourth-order valence-corrected chi connectivity index (χ4v) is 6.50. The van der Waals surface area contributed by atoms with E-state index < -0.39 is 10.0 Å². The number of ether oxygens (including phenoxy) is 1. The maximum atomic E-state index is 13.4. The van der Waals surface area contributed by atoms with Gasteiger partial charge in [-0.25, -0.2) is 17.9 Å². The number of anilines is 1. The summed E-state index contributed by atoms with van der Waals surface area (Å²) in [5, 5.41) is 3.01. The number of piperidine rings is 1. The molecule has 2 N–H and O–H groups in total. The molecule has 2 aromatic rings. The molecule has 0 aromatic heterocycles. The molecular formula is C26H33N3O5S. The van der Waals surface area contributed by atoms with Gasteiger partial charge in [0.1, 0.15) is 0 Å². The highest BCUT2D eigenvalue weighted by Gasteiger charge is 2.30. The highest BCUT2D eigenvalue weighted by Crippen LogP contribution is 2.34. The molecule has 8 nitrogen and oxygen atoms in total. The van der Waals surface area contributed by atoms with E-state index >= 15 is 0 Å². The average Bonchev–Trinajstić information content (AvgIpc) is 2.84. The van der Waals surface area contributed by atoms with Gasteiger partial charge in [0.2, 0.25) is 10.0 Å². The lowest BCUT2D eigenvalue weighted by atomic mass is 9.90. The van der Waals surface area contributed by atoms with Crippen LogP contribution in [0.5, 0.6) is 0 Å². The first kappa shape index (κ1) is 25.2. The Bertz CT molecular complexity index is 1200. The standard InChI is InChI=1S/C26H33N3O5S/c1-3-34-26(31)29-16-14-19(15-17-29)28-35(32,33)24-13-12-23(21-10-6-7-11-22(21)24)27-25(30)20-9-5-4-8-18(20)2/h4-5,8-9,12-13,19,28H,3,6-7,10-11,14-17H2,1-2H3,(H,27,30). The first-order chi connectivity index (χ1) is 16.8. The number of nitrogens with zero attached hydrogens (tertiary/aromatic N) is 1. The molecule has 0 saturated carbocycles. The molecule has 0 atom stereocenters. The molecule has 0 spiro atoms. The fraction of sp³-hybridized carbons (Fsp3) is 0.462. The van der Waals surface area contributed by atoms with Crippen LogP contribution < -0.4 is 10.0 Å². The molecular weight excluding hydrogens is 466 g/mol. The lowest BCUT2D eigenvalue weighted by Crippen LogP contribution is -2.46. The van der Waals surface area contributed by atoms with Crippen molar-refractivity contribution < 1.29 is 22.7 Å². The van der Waals surface area contributed by atoms with Crippen molar-refractivity contribution in [2.45, 2.75) is 63.3 Å². The second-order valence-electron chi connectivity index (χ2n) is 9.13. The summed E-state index contributed by atoms with van der Waals surface area (Å²) in [6.45, 7) is 4.88. The van der Waals surface area contributed by atoms with Crippen molar-refractivity contribution in [1.82, 2.24) is 9.62 Å². The SMILES string of the molecule is CCOC(=O)N1CCC(NS(=O)(=O)c2ccc(NC(=O)c3ccccc3C)c3c2CCCC3)CC1. The van der Waals surface area contributed by atoms with E-state index in [2.05, 4.69) is 10.0 Å². The monoisotopic (exact) mass is 499 g/mol. The Hall–Kier alpha value is -2.91. The van der Waals surface area contributed by atoms with Crippen molar-refractivity contribution in [3.63, 3.8) is 0 Å². The maximum absolute atomic E-state index is 13.4. The van der Waals surface area contributed by atoms with Crippen LogP contribution in [0.1, 0.15) is 59.7 Å². The molecule has 2 amide bonds. The van der Waals surface area contributed by atoms with Gasteiger partial charge in [-0.3, -0.25) is 4.79 Å². The van der Waals surface area contributed by atoms with Gasteiger partial charge in [0, 0.05) is 30.4 Å². The smallest absolute Gasteiger partial charge is 0.409 e. The third-order valence-electron chi connectivity index (χ3n) is 6.76. The summed E-state index contributed by atoms with van der Waals surface area (Å²) in [4.78, 5) is 26.7. The van der Waals surface area contributed by atoms with Gasteiger partial charge in [0.15, 0.2) is 0 Å². The number of nitrogens with one attached hydrogen (secondary N) is 2. The number of carbonyl (C=O) groups is 2. The third-order valence-corrected chi connectivity index (χ3v) is 8.37. The predicted octanol–water partition coefficient (Wildman–Crippen LogP) is 4.03. The van der Waals surface area contributed by atoms with Crippen LogP contribution in [0.4, 0.5) is 10.5 Å². The first-order valence-electron chi connectivity index (χ1n) is 12.3. The zero-order valence-electron chi connectivity index (χ0n) is 20.3. The van der Waals surface area contributed by atoms with E-state index in [0.29, 0.717) is 50.2 Å². The van der Waals surface area contributed by atoms with Crippen LogP contribution in [0.2, 0.25) is 0 Å². The summed E-state index contributed by atoms with van der Waals surface area (Å²) in [6, 6.07) is 10.5. The molecule has 35 heavy (non-hydrogen) atoms. The number of carbonyl (C=O) groups excluding carboxylic acids is 2. The van der Waals surface area contributed by atoms with Crippen LogP contribution in [0.3, 0.4) is 0 Å². The number of amides is 2. The molecule has 1 saturated heterocycles. The Balaban J connectivity index is 1.52. The van der Waals surface area contributed by atoms with E-state index in [1.54, 1.807) is 30.0 Å². The van der Waals surface area contributed by atoms with Crippen molar-refractivity contribution in [2.75, 3.05) is 25.0 Å². The Morgan fingerprint density at radius 2 is 1.71 bits per heavy atom. The summed E-state index contributed by atoms with van der Waals surface area (Å²) in [5.74, 6) is -0.196. The Morgan fingerprint density at radius 3 is 2.40 bits per heavy atom. The Labute approximate surface area is 207 Å². The zero-order valence-corrected chi connectivity index (χ0v) is 21.1. The van der Waals surface area contributed by atoms with Crippen LogP contribution in [-0.4, -0.2) is 51.1 Å². The van der Waals surface area contributed by atoms with Gasteiger partial charge in [-0.05, 0) is 87.3 Å². The molecule has 0 unspecified atom stereocenters. The number of fused-ring (bicyclic) bond motifs is 1. The van der Waals surface area contributed by atoms with Crippen LogP contribution in [-0.2, 0) is 27.6 Å². The summed E-state index contributed by atoms with van der Waals surface area (Å²) in [7, 11) is -3.75. The van der Waals surface area contributed by atoms with Gasteiger partial charge in [-0.1, -0.05) is 18.2 Å². The number of hydrogen-bond acceptors (Lipinski definition) is 5. The average molecular weight is 500 g/mol. The van der Waals surface area contributed by atoms with Gasteiger partial charge in [-0.15, -0.1) is 0 Å². The minimum atomic E-state index is -3.75. The minimum Gasteiger partial charge on any atom is -0.450 e. The topological polar surface area (TPSA) is 105 Å². The quantitative estimate of drug-likeness (QED) is 0.625. The molecule has 4 rings (SSSR count). The van der Waals surface area contributed by atoms with Crippen molar-refractivity contribution >= 4 is 27.7 Å². The number of aryl methyl sites for hydroxylation is 1. The molecule has 188 valence electrons. The summed E-state index contributed by atoms with van der Waals surface area (Å²) in [5.41, 5.74) is 3.85. The summed E-state index contributed by atoms with van der Waals surface area (Å²) < 4.78 is 34.7. The zero-order chi connectivity index (χ0) is 25.0. The number of hydrogen-bond donors (Lipinski definition) is 2. The molecule has 1 heterocycles. The van der Waals surface area contributed by atoms with Gasteiger partial charge < -0.3 is 15.0 Å². The van der Waals surface area contributed by atoms with Crippen molar-refractivity contribution in [1.29, 1.82) is 0 Å². The third kappa shape index (κ3) is 5.67. The van der Waals surface area contributed by atoms with Crippen LogP contribution in [0, 0.1) is 6.92 Å². The highest BCUT2D eigenvalue weighted by atomic mass is 32.2. The largest absolute Gasteiger partial charge is 0.450 e. The number of rotatable bonds is 6. The normalized spacial score (nSPS) is 16.5. The Kier molecular flexibility index (Phi) is 7.76. The van der Waals surface area contributed by atoms with E-state index in [9.17, 15) is 18.0 Å². The fourth-order valence-electron chi connectivity index (χ4n) is 4.90. The van der Waals surface area contributed by atoms with E-state index in [1.165, 1.54) is 0 Å². The molecule has 0 bridgehead atoms. The molecule has 2 aliphatic rings. The lowest BCUT2D eigenvalue weighted by molar-refractivity contribution is 0.0964. The number of benzene rings is 2. The van der Waals surface area contributed by atoms with E-state index in [-0.39, 0.29) is 22.9 Å². The van der Waals surface area contributed by atoms with Crippen LogP contribution in [0.15, 0.2) is 41.3 Å². The maximum Gasteiger partial charge on any atom is 0.409 e. The second kappa shape index (κ2) is 10.8. The molecule has 1 fully saturated rings.